The van der Waals surface area contributed by atoms with Crippen molar-refractivity contribution in [2.24, 2.45) is 0 Å². The highest BCUT2D eigenvalue weighted by Crippen LogP contribution is 2.28. The molecule has 0 aliphatic heterocycles. The van der Waals surface area contributed by atoms with Crippen LogP contribution < -0.4 is 5.32 Å². The largest absolute Gasteiger partial charge is 0.337 e. The van der Waals surface area contributed by atoms with E-state index in [-0.39, 0.29) is 0 Å². The number of hydrogen-bond acceptors (Lipinski definition) is 4. The third-order valence-corrected chi connectivity index (χ3v) is 4.29. The third kappa shape index (κ3) is 2.36. The lowest BCUT2D eigenvalue weighted by atomic mass is 10.1. The molecule has 0 fully saturated rings. The highest BCUT2D eigenvalue weighted by Gasteiger charge is 2.07. The molecule has 2 aromatic rings. The molecule has 3 nitrogen and oxygen atoms in total. The molecule has 84 valence electrons. The molecular weight excluding hydrogens is 310 g/mol. The Labute approximate surface area is 111 Å². The van der Waals surface area contributed by atoms with Gasteiger partial charge in [-0.3, -0.25) is 0 Å². The van der Waals surface area contributed by atoms with Gasteiger partial charge in [-0.15, -0.1) is 0 Å². The number of benzene rings is 1. The molecule has 6 heteroatoms. The molecule has 0 amide bonds. The number of aromatic nitrogens is 2. The highest BCUT2D eigenvalue weighted by atomic mass is 79.9. The van der Waals surface area contributed by atoms with Crippen molar-refractivity contribution in [1.82, 2.24) is 8.75 Å². The van der Waals surface area contributed by atoms with Gasteiger partial charge in [-0.1, -0.05) is 27.5 Å². The van der Waals surface area contributed by atoms with Crippen LogP contribution in [0.15, 0.2) is 16.6 Å². The molecule has 1 aromatic carbocycles. The summed E-state index contributed by atoms with van der Waals surface area (Å²) in [5.41, 5.74) is 3.30. The first kappa shape index (κ1) is 11.8. The lowest BCUT2D eigenvalue weighted by molar-refractivity contribution is 1.33. The van der Waals surface area contributed by atoms with Gasteiger partial charge in [-0.2, -0.15) is 8.75 Å². The Kier molecular flexibility index (Phi) is 3.47. The maximum atomic E-state index is 5.87. The van der Waals surface area contributed by atoms with E-state index in [0.29, 0.717) is 11.0 Å². The fourth-order valence-electron chi connectivity index (χ4n) is 1.41. The number of hydrogen-bond donors (Lipinski definition) is 1. The van der Waals surface area contributed by atoms with Crippen LogP contribution in [0.4, 0.5) is 11.5 Å². The van der Waals surface area contributed by atoms with Crippen molar-refractivity contribution in [3.63, 3.8) is 0 Å². The Morgan fingerprint density at radius 3 is 2.38 bits per heavy atom. The molecule has 0 unspecified atom stereocenters. The molecule has 1 N–H and O–H groups in total. The summed E-state index contributed by atoms with van der Waals surface area (Å²) in [7, 11) is 0. The first-order chi connectivity index (χ1) is 7.58. The first-order valence-electron chi connectivity index (χ1n) is 4.60. The molecule has 0 saturated heterocycles. The summed E-state index contributed by atoms with van der Waals surface area (Å²) in [4.78, 5) is 0. The lowest BCUT2D eigenvalue weighted by Crippen LogP contribution is -1.93. The van der Waals surface area contributed by atoms with E-state index >= 15 is 0 Å². The van der Waals surface area contributed by atoms with Gasteiger partial charge in [-0.05, 0) is 37.1 Å². The van der Waals surface area contributed by atoms with Gasteiger partial charge in [0.25, 0.3) is 0 Å². The minimum absolute atomic E-state index is 0.406. The summed E-state index contributed by atoms with van der Waals surface area (Å²) in [6.07, 6.45) is 0. The zero-order chi connectivity index (χ0) is 11.7. The van der Waals surface area contributed by atoms with Gasteiger partial charge in [0, 0.05) is 10.2 Å². The van der Waals surface area contributed by atoms with Crippen molar-refractivity contribution in [3.05, 3.63) is 32.9 Å². The van der Waals surface area contributed by atoms with E-state index in [0.717, 1.165) is 21.9 Å². The van der Waals surface area contributed by atoms with Crippen LogP contribution >= 0.6 is 39.3 Å². The van der Waals surface area contributed by atoms with E-state index < -0.39 is 0 Å². The highest BCUT2D eigenvalue weighted by molar-refractivity contribution is 9.10. The van der Waals surface area contributed by atoms with Crippen LogP contribution in [-0.2, 0) is 0 Å². The summed E-state index contributed by atoms with van der Waals surface area (Å²) >= 11 is 10.5. The Balaban J connectivity index is 2.33. The van der Waals surface area contributed by atoms with Gasteiger partial charge in [0.1, 0.15) is 0 Å². The fourth-order valence-corrected chi connectivity index (χ4v) is 2.28. The molecular formula is C10H9BrClN3S. The monoisotopic (exact) mass is 317 g/mol. The predicted molar refractivity (Wildman–Crippen MR) is 71.8 cm³/mol. The summed E-state index contributed by atoms with van der Waals surface area (Å²) in [5, 5.41) is 3.55. The standard InChI is InChI=1S/C10H9BrClN3S/c1-5-3-7(4-6(2)8(5)11)13-10-9(12)14-16-15-10/h3-4H,1-2H3,(H,13,15). The minimum Gasteiger partial charge on any atom is -0.337 e. The average molecular weight is 319 g/mol. The Hall–Kier alpha value is -0.650. The number of aryl methyl sites for hydroxylation is 2. The van der Waals surface area contributed by atoms with Gasteiger partial charge in [0.05, 0.1) is 11.7 Å². The normalized spacial score (nSPS) is 10.5. The number of nitrogens with one attached hydrogen (secondary N) is 1. The Morgan fingerprint density at radius 2 is 1.88 bits per heavy atom. The number of nitrogens with zero attached hydrogens (tertiary/aromatic N) is 2. The maximum absolute atomic E-state index is 5.87. The molecule has 0 radical (unpaired) electrons. The fraction of sp³-hybridized carbons (Fsp3) is 0.200. The zero-order valence-corrected chi connectivity index (χ0v) is 11.9. The summed E-state index contributed by atoms with van der Waals surface area (Å²) in [5.74, 6) is 0.604. The van der Waals surface area contributed by atoms with E-state index in [1.54, 1.807) is 0 Å². The zero-order valence-electron chi connectivity index (χ0n) is 8.71. The number of anilines is 2. The molecule has 0 aliphatic carbocycles. The van der Waals surface area contributed by atoms with Gasteiger partial charge < -0.3 is 5.32 Å². The second-order valence-electron chi connectivity index (χ2n) is 3.45. The molecule has 16 heavy (non-hydrogen) atoms. The van der Waals surface area contributed by atoms with Crippen molar-refractivity contribution in [2.75, 3.05) is 5.32 Å². The molecule has 1 aromatic heterocycles. The van der Waals surface area contributed by atoms with Crippen LogP contribution in [0.3, 0.4) is 0 Å². The van der Waals surface area contributed by atoms with Gasteiger partial charge in [0.2, 0.25) is 0 Å². The third-order valence-electron chi connectivity index (χ3n) is 2.15. The Morgan fingerprint density at radius 1 is 1.25 bits per heavy atom. The van der Waals surface area contributed by atoms with Crippen LogP contribution in [0, 0.1) is 13.8 Å². The van der Waals surface area contributed by atoms with Crippen LogP contribution in [0.1, 0.15) is 11.1 Å². The summed E-state index contributed by atoms with van der Waals surface area (Å²) < 4.78 is 9.09. The number of halogens is 2. The quantitative estimate of drug-likeness (QED) is 0.896. The molecule has 0 bridgehead atoms. The smallest absolute Gasteiger partial charge is 0.187 e. The van der Waals surface area contributed by atoms with E-state index in [1.807, 2.05) is 26.0 Å². The summed E-state index contributed by atoms with van der Waals surface area (Å²) in [6.45, 7) is 4.09. The number of rotatable bonds is 2. The minimum atomic E-state index is 0.406. The van der Waals surface area contributed by atoms with E-state index in [2.05, 4.69) is 30.0 Å². The lowest BCUT2D eigenvalue weighted by Gasteiger charge is -2.08. The molecule has 0 spiro atoms. The van der Waals surface area contributed by atoms with Crippen LogP contribution in [0.2, 0.25) is 5.15 Å². The second-order valence-corrected chi connectivity index (χ2v) is 5.13. The Bertz CT molecular complexity index is 504. The topological polar surface area (TPSA) is 37.8 Å². The van der Waals surface area contributed by atoms with Gasteiger partial charge in [0.15, 0.2) is 11.0 Å². The van der Waals surface area contributed by atoms with Gasteiger partial charge in [-0.25, -0.2) is 0 Å². The molecule has 2 rings (SSSR count). The van der Waals surface area contributed by atoms with Crippen molar-refractivity contribution in [1.29, 1.82) is 0 Å². The predicted octanol–water partition coefficient (Wildman–Crippen LogP) is 4.31. The SMILES string of the molecule is Cc1cc(Nc2nsnc2Cl)cc(C)c1Br. The van der Waals surface area contributed by atoms with Crippen molar-refractivity contribution < 1.29 is 0 Å². The molecule has 0 atom stereocenters. The van der Waals surface area contributed by atoms with Crippen molar-refractivity contribution in [2.45, 2.75) is 13.8 Å². The van der Waals surface area contributed by atoms with Crippen molar-refractivity contribution >= 4 is 50.8 Å². The van der Waals surface area contributed by atoms with E-state index in [9.17, 15) is 0 Å². The maximum Gasteiger partial charge on any atom is 0.187 e. The second kappa shape index (κ2) is 4.69. The molecule has 1 heterocycles. The summed E-state index contributed by atoms with van der Waals surface area (Å²) in [6, 6.07) is 4.07. The van der Waals surface area contributed by atoms with Crippen LogP contribution in [-0.4, -0.2) is 8.75 Å². The van der Waals surface area contributed by atoms with E-state index in [4.69, 9.17) is 11.6 Å². The molecule has 0 saturated carbocycles. The van der Waals surface area contributed by atoms with Gasteiger partial charge >= 0.3 is 0 Å². The average Bonchev–Trinajstić information content (AvgIpc) is 2.61. The van der Waals surface area contributed by atoms with Crippen LogP contribution in [0.5, 0.6) is 0 Å². The molecule has 0 aliphatic rings. The van der Waals surface area contributed by atoms with Crippen molar-refractivity contribution in [3.8, 4) is 0 Å². The van der Waals surface area contributed by atoms with E-state index in [1.165, 1.54) is 11.1 Å². The first-order valence-corrected chi connectivity index (χ1v) is 6.50. The van der Waals surface area contributed by atoms with Crippen LogP contribution in [0.25, 0.3) is 0 Å².